The van der Waals surface area contributed by atoms with Gasteiger partial charge in [0.2, 0.25) is 0 Å². The Morgan fingerprint density at radius 3 is 2.70 bits per heavy atom. The monoisotopic (exact) mass is 494 g/mol. The minimum absolute atomic E-state index is 0. The van der Waals surface area contributed by atoms with E-state index in [9.17, 15) is 0 Å². The number of nitrogens with zero attached hydrogens (tertiary/aromatic N) is 4. The van der Waals surface area contributed by atoms with Crippen LogP contribution in [0.3, 0.4) is 0 Å². The van der Waals surface area contributed by atoms with Crippen LogP contribution in [0, 0.1) is 12.8 Å². The summed E-state index contributed by atoms with van der Waals surface area (Å²) in [5.41, 5.74) is 0. The first-order valence-corrected chi connectivity index (χ1v) is 9.73. The van der Waals surface area contributed by atoms with Gasteiger partial charge < -0.3 is 24.7 Å². The van der Waals surface area contributed by atoms with E-state index in [4.69, 9.17) is 9.47 Å². The topological polar surface area (TPSA) is 85.6 Å². The molecule has 156 valence electrons. The molecule has 1 aliphatic heterocycles. The van der Waals surface area contributed by atoms with Crippen LogP contribution in [0.1, 0.15) is 44.3 Å². The van der Waals surface area contributed by atoms with Crippen LogP contribution in [-0.2, 0) is 23.1 Å². The van der Waals surface area contributed by atoms with E-state index in [2.05, 4.69) is 32.7 Å². The Labute approximate surface area is 179 Å². The predicted octanol–water partition coefficient (Wildman–Crippen LogP) is 2.02. The van der Waals surface area contributed by atoms with E-state index in [-0.39, 0.29) is 24.0 Å². The minimum Gasteiger partial charge on any atom is -0.381 e. The SMILES string of the molecule is CCCCNC(=NCc1nnc(C)n1C)NCCCOCC1CCOC1.I. The molecule has 2 heterocycles. The molecule has 27 heavy (non-hydrogen) atoms. The van der Waals surface area contributed by atoms with Crippen molar-refractivity contribution < 1.29 is 9.47 Å². The number of unbranched alkanes of at least 4 members (excludes halogenated alkanes) is 1. The Morgan fingerprint density at radius 2 is 2.07 bits per heavy atom. The molecule has 1 fully saturated rings. The van der Waals surface area contributed by atoms with Crippen molar-refractivity contribution in [2.75, 3.05) is 39.5 Å². The number of ether oxygens (including phenoxy) is 2. The highest BCUT2D eigenvalue weighted by Crippen LogP contribution is 2.12. The lowest BCUT2D eigenvalue weighted by Gasteiger charge is -2.13. The molecular formula is C18H35IN6O2. The molecule has 2 N–H and O–H groups in total. The van der Waals surface area contributed by atoms with Crippen molar-refractivity contribution in [2.24, 2.45) is 18.0 Å². The van der Waals surface area contributed by atoms with Crippen LogP contribution >= 0.6 is 24.0 Å². The van der Waals surface area contributed by atoms with Gasteiger partial charge in [-0.1, -0.05) is 13.3 Å². The first-order valence-electron chi connectivity index (χ1n) is 9.73. The second-order valence-corrected chi connectivity index (χ2v) is 6.75. The minimum atomic E-state index is 0. The van der Waals surface area contributed by atoms with Crippen molar-refractivity contribution in [3.05, 3.63) is 11.6 Å². The Bertz CT molecular complexity index is 546. The predicted molar refractivity (Wildman–Crippen MR) is 118 cm³/mol. The van der Waals surface area contributed by atoms with Gasteiger partial charge >= 0.3 is 0 Å². The van der Waals surface area contributed by atoms with Gasteiger partial charge in [0.15, 0.2) is 11.8 Å². The highest BCUT2D eigenvalue weighted by molar-refractivity contribution is 14.0. The summed E-state index contributed by atoms with van der Waals surface area (Å²) in [6, 6.07) is 0. The molecule has 8 nitrogen and oxygen atoms in total. The van der Waals surface area contributed by atoms with Crippen molar-refractivity contribution in [3.8, 4) is 0 Å². The van der Waals surface area contributed by atoms with Crippen molar-refractivity contribution in [2.45, 2.75) is 46.1 Å². The largest absolute Gasteiger partial charge is 0.381 e. The third-order valence-electron chi connectivity index (χ3n) is 4.52. The molecule has 0 radical (unpaired) electrons. The fraction of sp³-hybridized carbons (Fsp3) is 0.833. The van der Waals surface area contributed by atoms with Gasteiger partial charge in [-0.2, -0.15) is 0 Å². The van der Waals surface area contributed by atoms with Crippen LogP contribution in [-0.4, -0.2) is 60.2 Å². The molecule has 9 heteroatoms. The fourth-order valence-corrected chi connectivity index (χ4v) is 2.64. The summed E-state index contributed by atoms with van der Waals surface area (Å²) in [6.07, 6.45) is 4.35. The lowest BCUT2D eigenvalue weighted by molar-refractivity contribution is 0.0888. The van der Waals surface area contributed by atoms with E-state index < -0.39 is 0 Å². The number of aryl methyl sites for hydroxylation is 1. The van der Waals surface area contributed by atoms with Crippen LogP contribution in [0.25, 0.3) is 0 Å². The Balaban J connectivity index is 0.00000364. The molecule has 0 amide bonds. The molecule has 0 saturated carbocycles. The van der Waals surface area contributed by atoms with Gasteiger partial charge in [-0.05, 0) is 26.2 Å². The van der Waals surface area contributed by atoms with Gasteiger partial charge in [0.05, 0.1) is 13.2 Å². The average Bonchev–Trinajstić information content (AvgIpc) is 3.27. The third-order valence-corrected chi connectivity index (χ3v) is 4.52. The zero-order valence-corrected chi connectivity index (χ0v) is 19.2. The van der Waals surface area contributed by atoms with Crippen molar-refractivity contribution in [1.29, 1.82) is 0 Å². The molecule has 1 aliphatic rings. The van der Waals surface area contributed by atoms with Crippen LogP contribution in [0.5, 0.6) is 0 Å². The van der Waals surface area contributed by atoms with E-state index in [1.54, 1.807) is 0 Å². The Morgan fingerprint density at radius 1 is 1.30 bits per heavy atom. The van der Waals surface area contributed by atoms with Gasteiger partial charge in [-0.25, -0.2) is 4.99 Å². The molecule has 1 saturated heterocycles. The molecule has 1 aromatic rings. The van der Waals surface area contributed by atoms with Gasteiger partial charge in [0.1, 0.15) is 12.4 Å². The van der Waals surface area contributed by atoms with Crippen LogP contribution < -0.4 is 10.6 Å². The number of hydrogen-bond acceptors (Lipinski definition) is 5. The lowest BCUT2D eigenvalue weighted by Crippen LogP contribution is -2.38. The van der Waals surface area contributed by atoms with Crippen LogP contribution in [0.2, 0.25) is 0 Å². The van der Waals surface area contributed by atoms with E-state index in [0.29, 0.717) is 12.5 Å². The summed E-state index contributed by atoms with van der Waals surface area (Å²) < 4.78 is 13.1. The zero-order chi connectivity index (χ0) is 18.6. The summed E-state index contributed by atoms with van der Waals surface area (Å²) in [7, 11) is 1.96. The highest BCUT2D eigenvalue weighted by atomic mass is 127. The Hall–Kier alpha value is -0.940. The van der Waals surface area contributed by atoms with Crippen LogP contribution in [0.4, 0.5) is 0 Å². The number of nitrogens with one attached hydrogen (secondary N) is 2. The number of aromatic nitrogens is 3. The van der Waals surface area contributed by atoms with Crippen molar-refractivity contribution in [1.82, 2.24) is 25.4 Å². The molecule has 0 spiro atoms. The normalized spacial score (nSPS) is 17.0. The molecule has 1 atom stereocenters. The van der Waals surface area contributed by atoms with Crippen molar-refractivity contribution >= 4 is 29.9 Å². The van der Waals surface area contributed by atoms with Gasteiger partial charge in [-0.3, -0.25) is 0 Å². The standard InChI is InChI=1S/C18H34N6O2.HI/c1-4-5-8-19-18(21-12-17-23-22-15(2)24(17)3)20-9-6-10-25-13-16-7-11-26-14-16;/h16H,4-14H2,1-3H3,(H2,19,20,21);1H. The maximum Gasteiger partial charge on any atom is 0.191 e. The molecule has 2 rings (SSSR count). The quantitative estimate of drug-likeness (QED) is 0.212. The molecule has 0 aromatic carbocycles. The molecule has 1 unspecified atom stereocenters. The summed E-state index contributed by atoms with van der Waals surface area (Å²) >= 11 is 0. The Kier molecular flexibility index (Phi) is 12.6. The zero-order valence-electron chi connectivity index (χ0n) is 16.9. The maximum absolute atomic E-state index is 5.74. The van der Waals surface area contributed by atoms with E-state index >= 15 is 0 Å². The number of halogens is 1. The molecule has 0 bridgehead atoms. The first kappa shape index (κ1) is 24.1. The van der Waals surface area contributed by atoms with E-state index in [1.807, 2.05) is 18.5 Å². The summed E-state index contributed by atoms with van der Waals surface area (Å²) in [6.45, 7) is 9.67. The first-order chi connectivity index (χ1) is 12.7. The fourth-order valence-electron chi connectivity index (χ4n) is 2.64. The van der Waals surface area contributed by atoms with Gasteiger partial charge in [0, 0.05) is 39.3 Å². The number of guanidine groups is 1. The van der Waals surface area contributed by atoms with Gasteiger partial charge in [0.25, 0.3) is 0 Å². The summed E-state index contributed by atoms with van der Waals surface area (Å²) in [5.74, 6) is 3.16. The molecule has 0 aliphatic carbocycles. The average molecular weight is 494 g/mol. The second-order valence-electron chi connectivity index (χ2n) is 6.75. The third kappa shape index (κ3) is 9.20. The maximum atomic E-state index is 5.74. The highest BCUT2D eigenvalue weighted by Gasteiger charge is 2.15. The summed E-state index contributed by atoms with van der Waals surface area (Å²) in [5, 5.41) is 15.0. The number of aliphatic imine (C=N–C) groups is 1. The molecule has 1 aromatic heterocycles. The van der Waals surface area contributed by atoms with E-state index in [1.165, 1.54) is 0 Å². The lowest BCUT2D eigenvalue weighted by atomic mass is 10.1. The van der Waals surface area contributed by atoms with E-state index in [0.717, 1.165) is 82.8 Å². The molecular weight excluding hydrogens is 459 g/mol. The smallest absolute Gasteiger partial charge is 0.191 e. The van der Waals surface area contributed by atoms with Crippen molar-refractivity contribution in [3.63, 3.8) is 0 Å². The number of rotatable bonds is 11. The number of hydrogen-bond donors (Lipinski definition) is 2. The van der Waals surface area contributed by atoms with Gasteiger partial charge in [-0.15, -0.1) is 34.2 Å². The summed E-state index contributed by atoms with van der Waals surface area (Å²) in [4.78, 5) is 4.63. The second kappa shape index (κ2) is 14.1. The van der Waals surface area contributed by atoms with Crippen LogP contribution in [0.15, 0.2) is 4.99 Å².